The van der Waals surface area contributed by atoms with E-state index < -0.39 is 0 Å². The van der Waals surface area contributed by atoms with Gasteiger partial charge in [-0.2, -0.15) is 0 Å². The smallest absolute Gasteiger partial charge is 0.0273 e. The first-order valence-corrected chi connectivity index (χ1v) is 5.03. The average Bonchev–Trinajstić information content (AvgIpc) is 2.30. The maximum absolute atomic E-state index is 5.85. The monoisotopic (exact) mass is 198 g/mol. The summed E-state index contributed by atoms with van der Waals surface area (Å²) in [5, 5.41) is 0. The average molecular weight is 198 g/mol. The van der Waals surface area contributed by atoms with Crippen LogP contribution in [0.2, 0.25) is 0 Å². The van der Waals surface area contributed by atoms with Gasteiger partial charge in [-0.15, -0.1) is 0 Å². The molecule has 2 nitrogen and oxygen atoms in total. The summed E-state index contributed by atoms with van der Waals surface area (Å²) in [5.74, 6) is 0. The molecule has 1 aromatic carbocycles. The molecule has 1 unspecified atom stereocenters. The Morgan fingerprint density at radius 2 is 1.80 bits per heavy atom. The molecule has 0 aliphatic carbocycles. The van der Waals surface area contributed by atoms with E-state index in [9.17, 15) is 0 Å². The highest BCUT2D eigenvalue weighted by molar-refractivity contribution is 5.63. The third kappa shape index (κ3) is 2.22. The number of hydrogen-bond acceptors (Lipinski definition) is 2. The molecule has 0 aliphatic heterocycles. The van der Waals surface area contributed by atoms with Gasteiger partial charge in [0.1, 0.15) is 0 Å². The second kappa shape index (κ2) is 4.24. The van der Waals surface area contributed by atoms with E-state index in [0.717, 1.165) is 5.56 Å². The zero-order valence-corrected chi connectivity index (χ0v) is 8.72. The Hall–Kier alpha value is -1.67. The minimum atomic E-state index is 0.0757. The molecule has 2 heteroatoms. The number of pyridine rings is 1. The van der Waals surface area contributed by atoms with E-state index in [1.165, 1.54) is 11.1 Å². The highest BCUT2D eigenvalue weighted by atomic mass is 14.6. The van der Waals surface area contributed by atoms with E-state index in [4.69, 9.17) is 5.73 Å². The lowest BCUT2D eigenvalue weighted by atomic mass is 10.0. The molecular formula is C13H14N2. The lowest BCUT2D eigenvalue weighted by Crippen LogP contribution is -2.04. The maximum Gasteiger partial charge on any atom is 0.0273 e. The number of rotatable bonds is 2. The topological polar surface area (TPSA) is 38.9 Å². The molecule has 0 radical (unpaired) electrons. The zero-order chi connectivity index (χ0) is 10.7. The van der Waals surface area contributed by atoms with Gasteiger partial charge in [-0.3, -0.25) is 4.98 Å². The van der Waals surface area contributed by atoms with Gasteiger partial charge in [0.05, 0.1) is 0 Å². The van der Waals surface area contributed by atoms with Gasteiger partial charge < -0.3 is 5.73 Å². The van der Waals surface area contributed by atoms with Crippen LogP contribution in [0.25, 0.3) is 11.1 Å². The van der Waals surface area contributed by atoms with Crippen LogP contribution in [-0.2, 0) is 0 Å². The van der Waals surface area contributed by atoms with E-state index in [1.807, 2.05) is 25.1 Å². The van der Waals surface area contributed by atoms with Crippen LogP contribution in [0.4, 0.5) is 0 Å². The number of nitrogens with two attached hydrogens (primary N) is 1. The van der Waals surface area contributed by atoms with Gasteiger partial charge in [0.25, 0.3) is 0 Å². The Bertz CT molecular complexity index is 435. The summed E-state index contributed by atoms with van der Waals surface area (Å²) in [6.45, 7) is 1.99. The number of nitrogens with zero attached hydrogens (tertiary/aromatic N) is 1. The van der Waals surface area contributed by atoms with Gasteiger partial charge in [0, 0.05) is 18.4 Å². The van der Waals surface area contributed by atoms with Gasteiger partial charge in [0.15, 0.2) is 0 Å². The van der Waals surface area contributed by atoms with Crippen molar-refractivity contribution in [3.05, 3.63) is 54.4 Å². The second-order valence-corrected chi connectivity index (χ2v) is 3.65. The predicted octanol–water partition coefficient (Wildman–Crippen LogP) is 2.77. The third-order valence-electron chi connectivity index (χ3n) is 2.43. The molecule has 0 saturated carbocycles. The normalized spacial score (nSPS) is 12.4. The summed E-state index contributed by atoms with van der Waals surface area (Å²) in [6, 6.07) is 12.4. The zero-order valence-electron chi connectivity index (χ0n) is 8.72. The molecule has 0 amide bonds. The SMILES string of the molecule is CC(N)c1cccc(-c2ccncc2)c1. The summed E-state index contributed by atoms with van der Waals surface area (Å²) in [6.07, 6.45) is 3.60. The Kier molecular flexibility index (Phi) is 2.79. The van der Waals surface area contributed by atoms with E-state index in [0.29, 0.717) is 0 Å². The Morgan fingerprint density at radius 1 is 1.07 bits per heavy atom. The van der Waals surface area contributed by atoms with Crippen molar-refractivity contribution in [1.82, 2.24) is 4.98 Å². The van der Waals surface area contributed by atoms with Crippen LogP contribution in [-0.4, -0.2) is 4.98 Å². The molecule has 76 valence electrons. The Balaban J connectivity index is 2.42. The minimum absolute atomic E-state index is 0.0757. The van der Waals surface area contributed by atoms with E-state index in [2.05, 4.69) is 23.2 Å². The van der Waals surface area contributed by atoms with Gasteiger partial charge >= 0.3 is 0 Å². The first-order chi connectivity index (χ1) is 7.27. The van der Waals surface area contributed by atoms with Crippen molar-refractivity contribution in [3.8, 4) is 11.1 Å². The van der Waals surface area contributed by atoms with Crippen molar-refractivity contribution in [3.63, 3.8) is 0 Å². The highest BCUT2D eigenvalue weighted by Crippen LogP contribution is 2.21. The summed E-state index contributed by atoms with van der Waals surface area (Å²) in [5.41, 5.74) is 9.37. The van der Waals surface area contributed by atoms with Crippen molar-refractivity contribution < 1.29 is 0 Å². The van der Waals surface area contributed by atoms with E-state index in [1.54, 1.807) is 12.4 Å². The van der Waals surface area contributed by atoms with Crippen LogP contribution in [0.3, 0.4) is 0 Å². The molecule has 0 spiro atoms. The molecule has 1 atom stereocenters. The quantitative estimate of drug-likeness (QED) is 0.805. The molecule has 0 saturated heterocycles. The molecule has 0 fully saturated rings. The largest absolute Gasteiger partial charge is 0.324 e. The lowest BCUT2D eigenvalue weighted by Gasteiger charge is -2.07. The highest BCUT2D eigenvalue weighted by Gasteiger charge is 2.01. The van der Waals surface area contributed by atoms with Crippen LogP contribution < -0.4 is 5.73 Å². The van der Waals surface area contributed by atoms with Crippen molar-refractivity contribution in [2.45, 2.75) is 13.0 Å². The van der Waals surface area contributed by atoms with Crippen LogP contribution in [0.15, 0.2) is 48.8 Å². The Labute approximate surface area is 89.8 Å². The molecule has 0 aliphatic rings. The summed E-state index contributed by atoms with van der Waals surface area (Å²) in [4.78, 5) is 4.00. The molecular weight excluding hydrogens is 184 g/mol. The van der Waals surface area contributed by atoms with Gasteiger partial charge in [-0.25, -0.2) is 0 Å². The first-order valence-electron chi connectivity index (χ1n) is 5.03. The molecule has 2 N–H and O–H groups in total. The lowest BCUT2D eigenvalue weighted by molar-refractivity contribution is 0.819. The van der Waals surface area contributed by atoms with E-state index >= 15 is 0 Å². The van der Waals surface area contributed by atoms with Crippen molar-refractivity contribution in [2.24, 2.45) is 5.73 Å². The molecule has 2 rings (SSSR count). The summed E-state index contributed by atoms with van der Waals surface area (Å²) >= 11 is 0. The predicted molar refractivity (Wildman–Crippen MR) is 62.3 cm³/mol. The Morgan fingerprint density at radius 3 is 2.47 bits per heavy atom. The maximum atomic E-state index is 5.85. The van der Waals surface area contributed by atoms with Crippen molar-refractivity contribution in [2.75, 3.05) is 0 Å². The van der Waals surface area contributed by atoms with Crippen molar-refractivity contribution in [1.29, 1.82) is 0 Å². The fourth-order valence-corrected chi connectivity index (χ4v) is 1.55. The van der Waals surface area contributed by atoms with Gasteiger partial charge in [0.2, 0.25) is 0 Å². The second-order valence-electron chi connectivity index (χ2n) is 3.65. The number of benzene rings is 1. The van der Waals surface area contributed by atoms with Gasteiger partial charge in [-0.1, -0.05) is 18.2 Å². The minimum Gasteiger partial charge on any atom is -0.324 e. The van der Waals surface area contributed by atoms with Crippen molar-refractivity contribution >= 4 is 0 Å². The van der Waals surface area contributed by atoms with Gasteiger partial charge in [-0.05, 0) is 41.8 Å². The standard InChI is InChI=1S/C13H14N2/c1-10(14)12-3-2-4-13(9-12)11-5-7-15-8-6-11/h2-10H,14H2,1H3. The fraction of sp³-hybridized carbons (Fsp3) is 0.154. The molecule has 0 bridgehead atoms. The van der Waals surface area contributed by atoms with E-state index in [-0.39, 0.29) is 6.04 Å². The first kappa shape index (κ1) is 9.87. The molecule has 2 aromatic rings. The molecule has 1 heterocycles. The summed E-state index contributed by atoms with van der Waals surface area (Å²) in [7, 11) is 0. The summed E-state index contributed by atoms with van der Waals surface area (Å²) < 4.78 is 0. The van der Waals surface area contributed by atoms with Crippen LogP contribution in [0.1, 0.15) is 18.5 Å². The van der Waals surface area contributed by atoms with Crippen LogP contribution >= 0.6 is 0 Å². The molecule has 15 heavy (non-hydrogen) atoms. The van der Waals surface area contributed by atoms with Crippen LogP contribution in [0.5, 0.6) is 0 Å². The number of aromatic nitrogens is 1. The number of hydrogen-bond donors (Lipinski definition) is 1. The fourth-order valence-electron chi connectivity index (χ4n) is 1.55. The molecule has 1 aromatic heterocycles. The third-order valence-corrected chi connectivity index (χ3v) is 2.43. The van der Waals surface area contributed by atoms with Crippen LogP contribution in [0, 0.1) is 0 Å².